The van der Waals surface area contributed by atoms with Crippen LogP contribution in [-0.2, 0) is 0 Å². The standard InChI is InChI=1S/C11H23N/c1-3-4-9-12-11-8-6-5-7-10(11)2/h10-12H,3-9H2,1-2H3/t10-,11+/m1/s1. The molecule has 72 valence electrons. The van der Waals surface area contributed by atoms with Gasteiger partial charge < -0.3 is 5.32 Å². The first kappa shape index (κ1) is 10.0. The Morgan fingerprint density at radius 3 is 2.67 bits per heavy atom. The van der Waals surface area contributed by atoms with Crippen LogP contribution in [0.3, 0.4) is 0 Å². The predicted molar refractivity (Wildman–Crippen MR) is 54.3 cm³/mol. The smallest absolute Gasteiger partial charge is 0.00926 e. The molecule has 0 bridgehead atoms. The Hall–Kier alpha value is -0.0400. The molecule has 0 radical (unpaired) electrons. The number of nitrogens with one attached hydrogen (secondary N) is 1. The second-order valence-corrected chi connectivity index (χ2v) is 4.18. The number of rotatable bonds is 4. The van der Waals surface area contributed by atoms with Gasteiger partial charge in [0.2, 0.25) is 0 Å². The van der Waals surface area contributed by atoms with Crippen molar-refractivity contribution in [3.05, 3.63) is 0 Å². The molecule has 0 unspecified atom stereocenters. The van der Waals surface area contributed by atoms with E-state index in [1.165, 1.54) is 45.1 Å². The molecule has 0 heterocycles. The topological polar surface area (TPSA) is 12.0 Å². The Morgan fingerprint density at radius 2 is 2.00 bits per heavy atom. The fraction of sp³-hybridized carbons (Fsp3) is 1.00. The Kier molecular flexibility index (Phi) is 4.67. The molecule has 1 aliphatic carbocycles. The summed E-state index contributed by atoms with van der Waals surface area (Å²) in [6.45, 7) is 5.88. The molecular weight excluding hydrogens is 146 g/mol. The van der Waals surface area contributed by atoms with E-state index in [1.807, 2.05) is 0 Å². The minimum atomic E-state index is 0.824. The van der Waals surface area contributed by atoms with Gasteiger partial charge in [-0.25, -0.2) is 0 Å². The molecule has 1 rings (SSSR count). The molecule has 0 aliphatic heterocycles. The van der Waals surface area contributed by atoms with Crippen LogP contribution in [-0.4, -0.2) is 12.6 Å². The van der Waals surface area contributed by atoms with Crippen LogP contribution in [0.1, 0.15) is 52.4 Å². The molecule has 0 aromatic carbocycles. The van der Waals surface area contributed by atoms with Gasteiger partial charge in [0.15, 0.2) is 0 Å². The second-order valence-electron chi connectivity index (χ2n) is 4.18. The minimum Gasteiger partial charge on any atom is -0.314 e. The average molecular weight is 169 g/mol. The molecule has 0 aromatic rings. The maximum absolute atomic E-state index is 3.67. The van der Waals surface area contributed by atoms with E-state index in [4.69, 9.17) is 0 Å². The van der Waals surface area contributed by atoms with Crippen molar-refractivity contribution in [1.82, 2.24) is 5.32 Å². The first-order chi connectivity index (χ1) is 5.84. The molecule has 2 atom stereocenters. The van der Waals surface area contributed by atoms with E-state index < -0.39 is 0 Å². The highest BCUT2D eigenvalue weighted by atomic mass is 14.9. The maximum Gasteiger partial charge on any atom is 0.00926 e. The van der Waals surface area contributed by atoms with Crippen molar-refractivity contribution in [1.29, 1.82) is 0 Å². The molecule has 1 aliphatic rings. The molecule has 1 fully saturated rings. The van der Waals surface area contributed by atoms with Crippen molar-refractivity contribution in [3.8, 4) is 0 Å². The SMILES string of the molecule is CCCCN[C@H]1CCCC[C@H]1C. The predicted octanol–water partition coefficient (Wildman–Crippen LogP) is 2.95. The third-order valence-electron chi connectivity index (χ3n) is 3.05. The normalized spacial score (nSPS) is 30.5. The van der Waals surface area contributed by atoms with E-state index in [0.717, 1.165) is 12.0 Å². The van der Waals surface area contributed by atoms with Gasteiger partial charge in [-0.05, 0) is 31.7 Å². The van der Waals surface area contributed by atoms with Crippen LogP contribution in [0.5, 0.6) is 0 Å². The van der Waals surface area contributed by atoms with Crippen molar-refractivity contribution < 1.29 is 0 Å². The lowest BCUT2D eigenvalue weighted by Crippen LogP contribution is -2.37. The zero-order valence-electron chi connectivity index (χ0n) is 8.60. The van der Waals surface area contributed by atoms with Gasteiger partial charge in [0, 0.05) is 6.04 Å². The number of hydrogen-bond acceptors (Lipinski definition) is 1. The summed E-state index contributed by atoms with van der Waals surface area (Å²) in [6, 6.07) is 0.824. The third-order valence-corrected chi connectivity index (χ3v) is 3.05. The summed E-state index contributed by atoms with van der Waals surface area (Å²) < 4.78 is 0. The van der Waals surface area contributed by atoms with Gasteiger partial charge >= 0.3 is 0 Å². The Labute approximate surface area is 76.9 Å². The lowest BCUT2D eigenvalue weighted by Gasteiger charge is -2.29. The average Bonchev–Trinajstić information content (AvgIpc) is 2.09. The highest BCUT2D eigenvalue weighted by molar-refractivity contribution is 4.77. The lowest BCUT2D eigenvalue weighted by molar-refractivity contribution is 0.280. The first-order valence-corrected chi connectivity index (χ1v) is 5.58. The monoisotopic (exact) mass is 169 g/mol. The fourth-order valence-electron chi connectivity index (χ4n) is 2.08. The third kappa shape index (κ3) is 3.14. The summed E-state index contributed by atoms with van der Waals surface area (Å²) in [6.07, 6.45) is 8.38. The van der Waals surface area contributed by atoms with Crippen LogP contribution in [0.15, 0.2) is 0 Å². The summed E-state index contributed by atoms with van der Waals surface area (Å²) in [5, 5.41) is 3.67. The molecule has 0 spiro atoms. The van der Waals surface area contributed by atoms with Crippen LogP contribution in [0.2, 0.25) is 0 Å². The number of unbranched alkanes of at least 4 members (excludes halogenated alkanes) is 1. The van der Waals surface area contributed by atoms with E-state index in [2.05, 4.69) is 19.2 Å². The van der Waals surface area contributed by atoms with Crippen LogP contribution in [0.25, 0.3) is 0 Å². The molecule has 0 amide bonds. The van der Waals surface area contributed by atoms with Gasteiger partial charge in [0.05, 0.1) is 0 Å². The van der Waals surface area contributed by atoms with E-state index in [9.17, 15) is 0 Å². The molecule has 1 nitrogen and oxygen atoms in total. The molecule has 12 heavy (non-hydrogen) atoms. The maximum atomic E-state index is 3.67. The van der Waals surface area contributed by atoms with Gasteiger partial charge in [-0.1, -0.05) is 33.1 Å². The molecule has 1 saturated carbocycles. The van der Waals surface area contributed by atoms with E-state index in [-0.39, 0.29) is 0 Å². The fourth-order valence-corrected chi connectivity index (χ4v) is 2.08. The van der Waals surface area contributed by atoms with E-state index in [0.29, 0.717) is 0 Å². The zero-order chi connectivity index (χ0) is 8.81. The molecule has 1 N–H and O–H groups in total. The van der Waals surface area contributed by atoms with Crippen molar-refractivity contribution in [2.75, 3.05) is 6.54 Å². The molecule has 1 heteroatoms. The summed E-state index contributed by atoms with van der Waals surface area (Å²) in [4.78, 5) is 0. The van der Waals surface area contributed by atoms with Gasteiger partial charge in [-0.15, -0.1) is 0 Å². The summed E-state index contributed by atoms with van der Waals surface area (Å²) in [5.74, 6) is 0.913. The lowest BCUT2D eigenvalue weighted by atomic mass is 9.86. The van der Waals surface area contributed by atoms with Gasteiger partial charge in [-0.3, -0.25) is 0 Å². The largest absolute Gasteiger partial charge is 0.314 e. The van der Waals surface area contributed by atoms with Crippen LogP contribution < -0.4 is 5.32 Å². The molecular formula is C11H23N. The zero-order valence-corrected chi connectivity index (χ0v) is 8.60. The van der Waals surface area contributed by atoms with Crippen LogP contribution in [0.4, 0.5) is 0 Å². The summed E-state index contributed by atoms with van der Waals surface area (Å²) >= 11 is 0. The summed E-state index contributed by atoms with van der Waals surface area (Å²) in [7, 11) is 0. The van der Waals surface area contributed by atoms with Crippen molar-refractivity contribution >= 4 is 0 Å². The van der Waals surface area contributed by atoms with Crippen LogP contribution in [0, 0.1) is 5.92 Å². The van der Waals surface area contributed by atoms with Gasteiger partial charge in [0.1, 0.15) is 0 Å². The Morgan fingerprint density at radius 1 is 1.25 bits per heavy atom. The second kappa shape index (κ2) is 5.58. The first-order valence-electron chi connectivity index (χ1n) is 5.58. The number of hydrogen-bond donors (Lipinski definition) is 1. The Bertz CT molecular complexity index is 112. The van der Waals surface area contributed by atoms with E-state index >= 15 is 0 Å². The summed E-state index contributed by atoms with van der Waals surface area (Å²) in [5.41, 5.74) is 0. The minimum absolute atomic E-state index is 0.824. The van der Waals surface area contributed by atoms with E-state index in [1.54, 1.807) is 0 Å². The van der Waals surface area contributed by atoms with Crippen molar-refractivity contribution in [2.24, 2.45) is 5.92 Å². The quantitative estimate of drug-likeness (QED) is 0.638. The Balaban J connectivity index is 2.11. The van der Waals surface area contributed by atoms with Crippen LogP contribution >= 0.6 is 0 Å². The highest BCUT2D eigenvalue weighted by Crippen LogP contribution is 2.23. The molecule has 0 saturated heterocycles. The van der Waals surface area contributed by atoms with Gasteiger partial charge in [0.25, 0.3) is 0 Å². The highest BCUT2D eigenvalue weighted by Gasteiger charge is 2.19. The molecule has 0 aromatic heterocycles. The van der Waals surface area contributed by atoms with Crippen molar-refractivity contribution in [2.45, 2.75) is 58.4 Å². The van der Waals surface area contributed by atoms with Gasteiger partial charge in [-0.2, -0.15) is 0 Å². The van der Waals surface area contributed by atoms with Crippen molar-refractivity contribution in [3.63, 3.8) is 0 Å².